The number of hydrogen-bond acceptors (Lipinski definition) is 3. The Balaban J connectivity index is 2.46. The van der Waals surface area contributed by atoms with Crippen LogP contribution < -0.4 is 0 Å². The summed E-state index contributed by atoms with van der Waals surface area (Å²) in [5.41, 5.74) is 0. The maximum Gasteiger partial charge on any atom is 0.242 e. The highest BCUT2D eigenvalue weighted by Crippen LogP contribution is 2.01. The van der Waals surface area contributed by atoms with Gasteiger partial charge in [-0.15, -0.1) is 0 Å². The topological polar surface area (TPSA) is 49.9 Å². The van der Waals surface area contributed by atoms with Crippen LogP contribution in [0.1, 0.15) is 0 Å². The van der Waals surface area contributed by atoms with Crippen LogP contribution in [0, 0.1) is 0 Å². The number of amides is 2. The lowest BCUT2D eigenvalue weighted by molar-refractivity contribution is -0.149. The van der Waals surface area contributed by atoms with Crippen LogP contribution in [0.15, 0.2) is 0 Å². The number of likely N-dealkylation sites (N-methyl/N-ethyl adjacent to an activating group) is 1. The van der Waals surface area contributed by atoms with Gasteiger partial charge in [-0.1, -0.05) is 0 Å². The molecule has 74 valence electrons. The van der Waals surface area contributed by atoms with E-state index in [0.29, 0.717) is 13.2 Å². The predicted molar refractivity (Wildman–Crippen MR) is 46.1 cm³/mol. The minimum absolute atomic E-state index is 0.0147. The first-order valence-electron chi connectivity index (χ1n) is 4.16. The third kappa shape index (κ3) is 2.42. The standard InChI is InChI=1S/C8H14N2O3/c1-9-5-8(12)10(3-4-13-2)6-7(9)11/h3-6H2,1-2H3. The second kappa shape index (κ2) is 4.23. The Morgan fingerprint density at radius 2 is 2.00 bits per heavy atom. The van der Waals surface area contributed by atoms with Gasteiger partial charge < -0.3 is 14.5 Å². The van der Waals surface area contributed by atoms with Crippen molar-refractivity contribution in [3.63, 3.8) is 0 Å². The maximum atomic E-state index is 11.3. The van der Waals surface area contributed by atoms with Crippen molar-refractivity contribution in [2.75, 3.05) is 40.4 Å². The molecule has 5 nitrogen and oxygen atoms in total. The van der Waals surface area contributed by atoms with Gasteiger partial charge in [-0.25, -0.2) is 0 Å². The van der Waals surface area contributed by atoms with Crippen LogP contribution in [0.25, 0.3) is 0 Å². The summed E-state index contributed by atoms with van der Waals surface area (Å²) >= 11 is 0. The van der Waals surface area contributed by atoms with Crippen molar-refractivity contribution in [1.29, 1.82) is 0 Å². The minimum atomic E-state index is -0.0179. The quantitative estimate of drug-likeness (QED) is 0.564. The monoisotopic (exact) mass is 186 g/mol. The van der Waals surface area contributed by atoms with Crippen molar-refractivity contribution in [2.24, 2.45) is 0 Å². The third-order valence-corrected chi connectivity index (χ3v) is 2.04. The number of methoxy groups -OCH3 is 1. The summed E-state index contributed by atoms with van der Waals surface area (Å²) < 4.78 is 4.84. The average molecular weight is 186 g/mol. The zero-order chi connectivity index (χ0) is 9.84. The molecule has 0 aromatic heterocycles. The predicted octanol–water partition coefficient (Wildman–Crippen LogP) is -1.07. The Labute approximate surface area is 77.2 Å². The molecule has 0 aromatic carbocycles. The summed E-state index contributed by atoms with van der Waals surface area (Å²) in [6.45, 7) is 1.33. The molecular formula is C8H14N2O3. The molecule has 13 heavy (non-hydrogen) atoms. The molecule has 1 fully saturated rings. The molecule has 5 heteroatoms. The summed E-state index contributed by atoms with van der Waals surface area (Å²) in [4.78, 5) is 25.5. The highest BCUT2D eigenvalue weighted by Gasteiger charge is 2.26. The first-order chi connectivity index (χ1) is 6.15. The van der Waals surface area contributed by atoms with Crippen molar-refractivity contribution < 1.29 is 14.3 Å². The van der Waals surface area contributed by atoms with Crippen LogP contribution in [0.4, 0.5) is 0 Å². The van der Waals surface area contributed by atoms with Crippen LogP contribution in [0.2, 0.25) is 0 Å². The van der Waals surface area contributed by atoms with E-state index in [2.05, 4.69) is 0 Å². The highest BCUT2D eigenvalue weighted by molar-refractivity contribution is 5.92. The number of hydrogen-bond donors (Lipinski definition) is 0. The van der Waals surface area contributed by atoms with E-state index in [9.17, 15) is 9.59 Å². The fourth-order valence-corrected chi connectivity index (χ4v) is 1.17. The molecule has 0 aromatic rings. The first-order valence-corrected chi connectivity index (χ1v) is 4.16. The molecule has 1 rings (SSSR count). The smallest absolute Gasteiger partial charge is 0.242 e. The van der Waals surface area contributed by atoms with Gasteiger partial charge in [0.1, 0.15) is 0 Å². The largest absolute Gasteiger partial charge is 0.383 e. The zero-order valence-corrected chi connectivity index (χ0v) is 7.95. The Hall–Kier alpha value is -1.10. The van der Waals surface area contributed by atoms with Gasteiger partial charge in [-0.05, 0) is 0 Å². The SMILES string of the molecule is COCCN1CC(=O)N(C)CC1=O. The Kier molecular flexibility index (Phi) is 3.25. The number of carbonyl (C=O) groups excluding carboxylic acids is 2. The lowest BCUT2D eigenvalue weighted by Crippen LogP contribution is -2.52. The summed E-state index contributed by atoms with van der Waals surface area (Å²) in [5.74, 6) is -0.0325. The maximum absolute atomic E-state index is 11.3. The minimum Gasteiger partial charge on any atom is -0.383 e. The number of rotatable bonds is 3. The summed E-state index contributed by atoms with van der Waals surface area (Å²) in [5, 5.41) is 0. The Morgan fingerprint density at radius 3 is 2.62 bits per heavy atom. The zero-order valence-electron chi connectivity index (χ0n) is 7.95. The van der Waals surface area contributed by atoms with E-state index in [1.54, 1.807) is 14.2 Å². The average Bonchev–Trinajstić information content (AvgIpc) is 2.09. The summed E-state index contributed by atoms with van der Waals surface area (Å²) in [7, 11) is 3.20. The van der Waals surface area contributed by atoms with Crippen molar-refractivity contribution in [2.45, 2.75) is 0 Å². The van der Waals surface area contributed by atoms with Crippen LogP contribution in [0.3, 0.4) is 0 Å². The van der Waals surface area contributed by atoms with E-state index in [1.807, 2.05) is 0 Å². The third-order valence-electron chi connectivity index (χ3n) is 2.04. The van der Waals surface area contributed by atoms with E-state index < -0.39 is 0 Å². The highest BCUT2D eigenvalue weighted by atomic mass is 16.5. The number of piperazine rings is 1. The molecule has 2 amide bonds. The van der Waals surface area contributed by atoms with Gasteiger partial charge in [0.25, 0.3) is 0 Å². The molecule has 0 aliphatic carbocycles. The molecule has 0 spiro atoms. The molecule has 0 N–H and O–H groups in total. The van der Waals surface area contributed by atoms with Crippen molar-refractivity contribution >= 4 is 11.8 Å². The molecule has 0 unspecified atom stereocenters. The molecular weight excluding hydrogens is 172 g/mol. The van der Waals surface area contributed by atoms with Crippen molar-refractivity contribution in [3.05, 3.63) is 0 Å². The summed E-state index contributed by atoms with van der Waals surface area (Å²) in [6.07, 6.45) is 0. The van der Waals surface area contributed by atoms with Gasteiger partial charge in [0.05, 0.1) is 19.7 Å². The van der Waals surface area contributed by atoms with Crippen molar-refractivity contribution in [1.82, 2.24) is 9.80 Å². The van der Waals surface area contributed by atoms with E-state index in [-0.39, 0.29) is 24.9 Å². The summed E-state index contributed by atoms with van der Waals surface area (Å²) in [6, 6.07) is 0. The van der Waals surface area contributed by atoms with Gasteiger partial charge in [0.15, 0.2) is 0 Å². The molecule has 1 aliphatic heterocycles. The van der Waals surface area contributed by atoms with E-state index in [0.717, 1.165) is 0 Å². The first kappa shape index (κ1) is 9.98. The lowest BCUT2D eigenvalue weighted by Gasteiger charge is -2.31. The fraction of sp³-hybridized carbons (Fsp3) is 0.750. The normalized spacial score (nSPS) is 18.3. The van der Waals surface area contributed by atoms with Gasteiger partial charge in [-0.3, -0.25) is 9.59 Å². The Bertz CT molecular complexity index is 217. The number of nitrogens with zero attached hydrogens (tertiary/aromatic N) is 2. The molecule has 0 radical (unpaired) electrons. The molecule has 0 saturated carbocycles. The van der Waals surface area contributed by atoms with E-state index >= 15 is 0 Å². The van der Waals surface area contributed by atoms with Crippen LogP contribution in [-0.2, 0) is 14.3 Å². The second-order valence-corrected chi connectivity index (χ2v) is 3.06. The molecule has 1 saturated heterocycles. The molecule has 1 aliphatic rings. The van der Waals surface area contributed by atoms with E-state index in [4.69, 9.17) is 4.74 Å². The van der Waals surface area contributed by atoms with Gasteiger partial charge >= 0.3 is 0 Å². The second-order valence-electron chi connectivity index (χ2n) is 3.06. The van der Waals surface area contributed by atoms with Gasteiger partial charge in [-0.2, -0.15) is 0 Å². The van der Waals surface area contributed by atoms with Gasteiger partial charge in [0.2, 0.25) is 11.8 Å². The van der Waals surface area contributed by atoms with Gasteiger partial charge in [0, 0.05) is 20.7 Å². The van der Waals surface area contributed by atoms with Crippen LogP contribution >= 0.6 is 0 Å². The number of carbonyl (C=O) groups is 2. The van der Waals surface area contributed by atoms with Crippen LogP contribution in [0.5, 0.6) is 0 Å². The molecule has 1 heterocycles. The number of ether oxygens (including phenoxy) is 1. The lowest BCUT2D eigenvalue weighted by atomic mass is 10.3. The Morgan fingerprint density at radius 1 is 1.31 bits per heavy atom. The van der Waals surface area contributed by atoms with Crippen molar-refractivity contribution in [3.8, 4) is 0 Å². The fourth-order valence-electron chi connectivity index (χ4n) is 1.17. The molecule has 0 bridgehead atoms. The van der Waals surface area contributed by atoms with Crippen LogP contribution in [-0.4, -0.2) is 62.0 Å². The molecule has 0 atom stereocenters. The van der Waals surface area contributed by atoms with E-state index in [1.165, 1.54) is 9.80 Å².